The predicted molar refractivity (Wildman–Crippen MR) is 84.3 cm³/mol. The summed E-state index contributed by atoms with van der Waals surface area (Å²) in [4.78, 5) is 10.5. The molecule has 20 heavy (non-hydrogen) atoms. The summed E-state index contributed by atoms with van der Waals surface area (Å²) >= 11 is 9.37. The first-order valence-corrected chi connectivity index (χ1v) is 7.07. The zero-order valence-corrected chi connectivity index (χ0v) is 13.0. The van der Waals surface area contributed by atoms with Gasteiger partial charge in [0.1, 0.15) is 5.69 Å². The number of hydrogen-bond donors (Lipinski definition) is 1. The first-order chi connectivity index (χ1) is 9.47. The first kappa shape index (κ1) is 14.8. The van der Waals surface area contributed by atoms with Crippen LogP contribution in [0.3, 0.4) is 0 Å². The second-order valence-corrected chi connectivity index (χ2v) is 5.66. The standard InChI is InChI=1S/C14H12BrClN2O2/c1-9-2-3-10(12(15)6-9)8-17-13-7-11(16)4-5-14(13)18(19)20/h2-7,17H,8H2,1H3. The molecule has 0 aliphatic carbocycles. The quantitative estimate of drug-likeness (QED) is 0.625. The second kappa shape index (κ2) is 6.24. The fraction of sp³-hybridized carbons (Fsp3) is 0.143. The van der Waals surface area contributed by atoms with Gasteiger partial charge in [-0.2, -0.15) is 0 Å². The van der Waals surface area contributed by atoms with E-state index >= 15 is 0 Å². The van der Waals surface area contributed by atoms with Crippen molar-refractivity contribution in [3.8, 4) is 0 Å². The minimum absolute atomic E-state index is 0.0117. The van der Waals surface area contributed by atoms with E-state index in [1.165, 1.54) is 12.1 Å². The Hall–Kier alpha value is -1.59. The lowest BCUT2D eigenvalue weighted by molar-refractivity contribution is -0.384. The molecular weight excluding hydrogens is 344 g/mol. The molecule has 0 saturated carbocycles. The van der Waals surface area contributed by atoms with E-state index in [1.54, 1.807) is 6.07 Å². The van der Waals surface area contributed by atoms with Crippen molar-refractivity contribution in [2.75, 3.05) is 5.32 Å². The third kappa shape index (κ3) is 3.49. The molecule has 6 heteroatoms. The van der Waals surface area contributed by atoms with Crippen LogP contribution in [-0.4, -0.2) is 4.92 Å². The van der Waals surface area contributed by atoms with Crippen LogP contribution in [0.4, 0.5) is 11.4 Å². The Morgan fingerprint density at radius 1 is 1.30 bits per heavy atom. The number of benzene rings is 2. The first-order valence-electron chi connectivity index (χ1n) is 5.90. The Kier molecular flexibility index (Phi) is 4.62. The minimum atomic E-state index is -0.428. The normalized spacial score (nSPS) is 10.3. The number of nitrogens with one attached hydrogen (secondary N) is 1. The Balaban J connectivity index is 2.22. The third-order valence-electron chi connectivity index (χ3n) is 2.83. The van der Waals surface area contributed by atoms with Gasteiger partial charge >= 0.3 is 0 Å². The molecule has 4 nitrogen and oxygen atoms in total. The smallest absolute Gasteiger partial charge is 0.292 e. The highest BCUT2D eigenvalue weighted by molar-refractivity contribution is 9.10. The van der Waals surface area contributed by atoms with Crippen molar-refractivity contribution in [3.63, 3.8) is 0 Å². The molecule has 2 aromatic rings. The minimum Gasteiger partial charge on any atom is -0.375 e. The lowest BCUT2D eigenvalue weighted by atomic mass is 10.1. The Bertz CT molecular complexity index is 662. The number of nitro groups is 1. The summed E-state index contributed by atoms with van der Waals surface area (Å²) in [5.74, 6) is 0. The average Bonchev–Trinajstić information content (AvgIpc) is 2.37. The summed E-state index contributed by atoms with van der Waals surface area (Å²) in [5.41, 5.74) is 2.59. The van der Waals surface area contributed by atoms with Gasteiger partial charge in [-0.05, 0) is 36.2 Å². The van der Waals surface area contributed by atoms with E-state index in [0.29, 0.717) is 17.3 Å². The van der Waals surface area contributed by atoms with E-state index in [0.717, 1.165) is 15.6 Å². The Labute approximate surface area is 130 Å². The van der Waals surface area contributed by atoms with Crippen molar-refractivity contribution in [3.05, 3.63) is 67.1 Å². The van der Waals surface area contributed by atoms with Crippen LogP contribution in [-0.2, 0) is 6.54 Å². The maximum absolute atomic E-state index is 11.0. The summed E-state index contributed by atoms with van der Waals surface area (Å²) in [5, 5.41) is 14.5. The molecule has 1 N–H and O–H groups in total. The van der Waals surface area contributed by atoms with Gasteiger partial charge in [-0.15, -0.1) is 0 Å². The van der Waals surface area contributed by atoms with Gasteiger partial charge in [-0.1, -0.05) is 39.7 Å². The average molecular weight is 356 g/mol. The van der Waals surface area contributed by atoms with Gasteiger partial charge in [-0.25, -0.2) is 0 Å². The number of halogens is 2. The maximum atomic E-state index is 11.0. The molecule has 0 radical (unpaired) electrons. The molecule has 0 spiro atoms. The number of nitrogens with zero attached hydrogens (tertiary/aromatic N) is 1. The van der Waals surface area contributed by atoms with E-state index < -0.39 is 4.92 Å². The van der Waals surface area contributed by atoms with Crippen LogP contribution >= 0.6 is 27.5 Å². The second-order valence-electron chi connectivity index (χ2n) is 4.37. The van der Waals surface area contributed by atoms with E-state index in [2.05, 4.69) is 21.2 Å². The summed E-state index contributed by atoms with van der Waals surface area (Å²) in [6, 6.07) is 10.4. The van der Waals surface area contributed by atoms with Crippen LogP contribution in [0, 0.1) is 17.0 Å². The van der Waals surface area contributed by atoms with Crippen molar-refractivity contribution in [1.29, 1.82) is 0 Å². The number of rotatable bonds is 4. The zero-order valence-electron chi connectivity index (χ0n) is 10.7. The highest BCUT2D eigenvalue weighted by Gasteiger charge is 2.13. The maximum Gasteiger partial charge on any atom is 0.292 e. The summed E-state index contributed by atoms with van der Waals surface area (Å²) in [7, 11) is 0. The highest BCUT2D eigenvalue weighted by atomic mass is 79.9. The molecule has 0 aliphatic rings. The molecule has 0 unspecified atom stereocenters. The topological polar surface area (TPSA) is 55.2 Å². The van der Waals surface area contributed by atoms with Gasteiger partial charge in [0, 0.05) is 22.1 Å². The number of aryl methyl sites for hydroxylation is 1. The number of hydrogen-bond acceptors (Lipinski definition) is 3. The zero-order chi connectivity index (χ0) is 14.7. The lowest BCUT2D eigenvalue weighted by Crippen LogP contribution is -2.03. The van der Waals surface area contributed by atoms with Crippen molar-refractivity contribution < 1.29 is 4.92 Å². The molecule has 0 saturated heterocycles. The van der Waals surface area contributed by atoms with Gasteiger partial charge in [-0.3, -0.25) is 10.1 Å². The van der Waals surface area contributed by atoms with Crippen LogP contribution in [0.1, 0.15) is 11.1 Å². The van der Waals surface area contributed by atoms with Crippen LogP contribution < -0.4 is 5.32 Å². The van der Waals surface area contributed by atoms with Gasteiger partial charge in [0.25, 0.3) is 5.69 Å². The molecular formula is C14H12BrClN2O2. The van der Waals surface area contributed by atoms with E-state index in [1.807, 2.05) is 25.1 Å². The molecule has 0 aliphatic heterocycles. The summed E-state index contributed by atoms with van der Waals surface area (Å²) in [6.45, 7) is 2.48. The van der Waals surface area contributed by atoms with Gasteiger partial charge in [0.15, 0.2) is 0 Å². The van der Waals surface area contributed by atoms with Gasteiger partial charge < -0.3 is 5.32 Å². The fourth-order valence-electron chi connectivity index (χ4n) is 1.80. The Morgan fingerprint density at radius 3 is 2.70 bits per heavy atom. The Morgan fingerprint density at radius 2 is 2.05 bits per heavy atom. The molecule has 0 fully saturated rings. The van der Waals surface area contributed by atoms with Crippen LogP contribution in [0.2, 0.25) is 5.02 Å². The molecule has 0 amide bonds. The van der Waals surface area contributed by atoms with E-state index in [9.17, 15) is 10.1 Å². The van der Waals surface area contributed by atoms with Crippen LogP contribution in [0.15, 0.2) is 40.9 Å². The molecule has 0 heterocycles. The fourth-order valence-corrected chi connectivity index (χ4v) is 2.60. The monoisotopic (exact) mass is 354 g/mol. The number of anilines is 1. The van der Waals surface area contributed by atoms with Crippen molar-refractivity contribution >= 4 is 38.9 Å². The van der Waals surface area contributed by atoms with Crippen LogP contribution in [0.25, 0.3) is 0 Å². The molecule has 104 valence electrons. The van der Waals surface area contributed by atoms with Crippen molar-refractivity contribution in [1.82, 2.24) is 0 Å². The van der Waals surface area contributed by atoms with E-state index in [-0.39, 0.29) is 5.69 Å². The predicted octanol–water partition coefficient (Wildman–Crippen LogP) is 4.93. The largest absolute Gasteiger partial charge is 0.375 e. The SMILES string of the molecule is Cc1ccc(CNc2cc(Cl)ccc2[N+](=O)[O-])c(Br)c1. The molecule has 2 aromatic carbocycles. The molecule has 0 atom stereocenters. The van der Waals surface area contributed by atoms with Crippen molar-refractivity contribution in [2.24, 2.45) is 0 Å². The molecule has 2 rings (SSSR count). The van der Waals surface area contributed by atoms with Gasteiger partial charge in [0.2, 0.25) is 0 Å². The van der Waals surface area contributed by atoms with Crippen molar-refractivity contribution in [2.45, 2.75) is 13.5 Å². The molecule has 0 bridgehead atoms. The third-order valence-corrected chi connectivity index (χ3v) is 3.81. The summed E-state index contributed by atoms with van der Waals surface area (Å²) < 4.78 is 0.967. The number of nitro benzene ring substituents is 1. The van der Waals surface area contributed by atoms with Gasteiger partial charge in [0.05, 0.1) is 4.92 Å². The molecule has 0 aromatic heterocycles. The van der Waals surface area contributed by atoms with E-state index in [4.69, 9.17) is 11.6 Å². The lowest BCUT2D eigenvalue weighted by Gasteiger charge is -2.09. The highest BCUT2D eigenvalue weighted by Crippen LogP contribution is 2.28. The van der Waals surface area contributed by atoms with Crippen LogP contribution in [0.5, 0.6) is 0 Å². The summed E-state index contributed by atoms with van der Waals surface area (Å²) in [6.07, 6.45) is 0.